The van der Waals surface area contributed by atoms with Gasteiger partial charge in [-0.3, -0.25) is 15.2 Å². The van der Waals surface area contributed by atoms with E-state index in [1.807, 2.05) is 13.8 Å². The molecule has 9 nitrogen and oxygen atoms in total. The van der Waals surface area contributed by atoms with E-state index in [9.17, 15) is 23.4 Å². The Kier molecular flexibility index (Phi) is 11.4. The lowest BCUT2D eigenvalue weighted by Crippen LogP contribution is -2.56. The number of nitro groups is 1. The molecule has 0 saturated carbocycles. The van der Waals surface area contributed by atoms with E-state index in [1.165, 1.54) is 23.9 Å². The first-order valence-electron chi connectivity index (χ1n) is 10.8. The Hall–Kier alpha value is -0.940. The van der Waals surface area contributed by atoms with Gasteiger partial charge in [0, 0.05) is 18.7 Å². The van der Waals surface area contributed by atoms with Crippen molar-refractivity contribution in [1.29, 1.82) is 0 Å². The number of hydrogen-bond acceptors (Lipinski definition) is 6. The molecule has 1 aromatic rings. The van der Waals surface area contributed by atoms with E-state index < -0.39 is 32.4 Å². The lowest BCUT2D eigenvalue weighted by molar-refractivity contribution is -0.384. The number of nitrogens with one attached hydrogen (secondary N) is 1. The van der Waals surface area contributed by atoms with E-state index in [1.54, 1.807) is 6.92 Å². The van der Waals surface area contributed by atoms with Crippen LogP contribution in [0.25, 0.3) is 0 Å². The summed E-state index contributed by atoms with van der Waals surface area (Å²) in [6, 6.07) is 4.79. The van der Waals surface area contributed by atoms with Crippen LogP contribution in [0.15, 0.2) is 29.2 Å². The molecule has 0 spiro atoms. The highest BCUT2D eigenvalue weighted by Gasteiger charge is 2.52. The number of unbranched alkanes of at least 4 members (excludes halogenated alkanes) is 2. The molecule has 0 fully saturated rings. The summed E-state index contributed by atoms with van der Waals surface area (Å²) in [6.45, 7) is 4.10. The first-order valence-corrected chi connectivity index (χ1v) is 15.0. The van der Waals surface area contributed by atoms with Crippen LogP contribution in [0.4, 0.5) is 5.69 Å². The standard InChI is InChI=1S/C20H36N3O6PS2/c1-6-9-10-11-19(29-8-3)22(30(26,31)21-5)20(4,16-7-2)32(27,28)18-14-12-17(13-15-18)23(24)25/h12-15,19H,6-11,16H2,1-5H3,(H2,21,26,31). The zero-order chi connectivity index (χ0) is 24.6. The van der Waals surface area contributed by atoms with Gasteiger partial charge in [0.2, 0.25) is 6.57 Å². The van der Waals surface area contributed by atoms with Gasteiger partial charge in [0.05, 0.1) is 9.82 Å². The molecule has 3 atom stereocenters. The molecule has 0 aliphatic heterocycles. The normalized spacial score (nSPS) is 17.0. The minimum absolute atomic E-state index is 0.0704. The fourth-order valence-electron chi connectivity index (χ4n) is 3.75. The summed E-state index contributed by atoms with van der Waals surface area (Å²) < 4.78 is 35.3. The highest BCUT2D eigenvalue weighted by atomic mass is 32.5. The third-order valence-corrected chi connectivity index (χ3v) is 10.9. The zero-order valence-corrected chi connectivity index (χ0v) is 22.0. The fourth-order valence-corrected chi connectivity index (χ4v) is 8.70. The predicted molar refractivity (Wildman–Crippen MR) is 131 cm³/mol. The first-order chi connectivity index (χ1) is 14.9. The van der Waals surface area contributed by atoms with Crippen molar-refractivity contribution in [3.05, 3.63) is 34.4 Å². The van der Waals surface area contributed by atoms with E-state index in [0.717, 1.165) is 31.4 Å². The Morgan fingerprint density at radius 3 is 2.28 bits per heavy atom. The smallest absolute Gasteiger partial charge is 0.269 e. The average Bonchev–Trinajstić information content (AvgIpc) is 2.74. The molecule has 12 heteroatoms. The van der Waals surface area contributed by atoms with Crippen molar-refractivity contribution in [2.45, 2.75) is 82.2 Å². The Labute approximate surface area is 196 Å². The minimum Gasteiger partial charge on any atom is -0.363 e. The zero-order valence-electron chi connectivity index (χ0n) is 19.5. The van der Waals surface area contributed by atoms with Crippen LogP contribution in [0.3, 0.4) is 0 Å². The van der Waals surface area contributed by atoms with Crippen LogP contribution in [-0.2, 0) is 26.4 Å². The fraction of sp³-hybridized carbons (Fsp3) is 0.700. The number of benzene rings is 1. The van der Waals surface area contributed by atoms with Gasteiger partial charge < -0.3 is 9.63 Å². The maximum Gasteiger partial charge on any atom is 0.269 e. The number of ether oxygens (including phenoxy) is 1. The number of rotatable bonds is 15. The van der Waals surface area contributed by atoms with Gasteiger partial charge in [-0.15, -0.1) is 0 Å². The number of non-ortho nitro benzene ring substituents is 1. The second kappa shape index (κ2) is 12.5. The van der Waals surface area contributed by atoms with Gasteiger partial charge in [0.25, 0.3) is 5.69 Å². The van der Waals surface area contributed by atoms with Crippen molar-refractivity contribution < 1.29 is 23.0 Å². The van der Waals surface area contributed by atoms with Crippen molar-refractivity contribution in [3.63, 3.8) is 0 Å². The Morgan fingerprint density at radius 1 is 1.25 bits per heavy atom. The summed E-state index contributed by atoms with van der Waals surface area (Å²) in [7, 11) is -2.60. The van der Waals surface area contributed by atoms with Crippen molar-refractivity contribution in [1.82, 2.24) is 9.76 Å². The lowest BCUT2D eigenvalue weighted by atomic mass is 10.1. The van der Waals surface area contributed by atoms with Crippen LogP contribution in [0.5, 0.6) is 0 Å². The van der Waals surface area contributed by atoms with E-state index in [2.05, 4.69) is 12.0 Å². The molecule has 0 bridgehead atoms. The van der Waals surface area contributed by atoms with Crippen molar-refractivity contribution >= 4 is 33.9 Å². The van der Waals surface area contributed by atoms with E-state index in [4.69, 9.17) is 16.5 Å². The molecule has 1 aromatic carbocycles. The van der Waals surface area contributed by atoms with Gasteiger partial charge in [0.1, 0.15) is 11.1 Å². The second-order valence-corrected chi connectivity index (χ2v) is 13.5. The average molecular weight is 510 g/mol. The topological polar surface area (TPSA) is 122 Å². The molecule has 0 amide bonds. The Bertz CT molecular complexity index is 897. The van der Waals surface area contributed by atoms with Gasteiger partial charge in [0.15, 0.2) is 9.84 Å². The molecular formula is C20H36N3O6PS2. The summed E-state index contributed by atoms with van der Waals surface area (Å²) >= 11 is 5.52. The van der Waals surface area contributed by atoms with Crippen LogP contribution in [-0.4, -0.2) is 47.7 Å². The lowest BCUT2D eigenvalue weighted by Gasteiger charge is -2.47. The SMILES string of the molecule is CCCCCC(OCC)N(C(C)(CCC)S(=O)(=O)c1ccc([N+](=O)[O-])cc1)P(O)(=S)NC. The Balaban J connectivity index is 3.68. The predicted octanol–water partition coefficient (Wildman–Crippen LogP) is 4.57. The molecule has 184 valence electrons. The van der Waals surface area contributed by atoms with Crippen molar-refractivity contribution in [3.8, 4) is 0 Å². The number of nitro benzene ring substituents is 1. The highest BCUT2D eigenvalue weighted by Crippen LogP contribution is 2.52. The van der Waals surface area contributed by atoms with Gasteiger partial charge in [-0.25, -0.2) is 8.42 Å². The third kappa shape index (κ3) is 6.56. The maximum absolute atomic E-state index is 13.9. The Morgan fingerprint density at radius 2 is 1.84 bits per heavy atom. The second-order valence-electron chi connectivity index (χ2n) is 7.70. The molecule has 0 radical (unpaired) electrons. The maximum atomic E-state index is 13.9. The number of nitrogens with zero attached hydrogens (tertiary/aromatic N) is 2. The molecule has 3 unspecified atom stereocenters. The molecule has 0 aromatic heterocycles. The molecular weight excluding hydrogens is 473 g/mol. The minimum atomic E-state index is -4.11. The number of hydrogen-bond donors (Lipinski definition) is 2. The summed E-state index contributed by atoms with van der Waals surface area (Å²) in [6.07, 6.45) is 3.19. The van der Waals surface area contributed by atoms with Crippen LogP contribution < -0.4 is 5.09 Å². The third-order valence-electron chi connectivity index (χ3n) is 5.41. The van der Waals surface area contributed by atoms with Crippen LogP contribution >= 0.6 is 6.57 Å². The summed E-state index contributed by atoms with van der Waals surface area (Å²) in [5.74, 6) is 0. The molecule has 2 N–H and O–H groups in total. The number of sulfone groups is 1. The van der Waals surface area contributed by atoms with E-state index >= 15 is 0 Å². The molecule has 32 heavy (non-hydrogen) atoms. The monoisotopic (exact) mass is 509 g/mol. The van der Waals surface area contributed by atoms with Crippen LogP contribution in [0.1, 0.15) is 66.2 Å². The highest BCUT2D eigenvalue weighted by molar-refractivity contribution is 8.10. The molecule has 1 rings (SSSR count). The van der Waals surface area contributed by atoms with Gasteiger partial charge >= 0.3 is 0 Å². The largest absolute Gasteiger partial charge is 0.363 e. The van der Waals surface area contributed by atoms with Gasteiger partial charge in [-0.1, -0.05) is 33.1 Å². The van der Waals surface area contributed by atoms with Crippen molar-refractivity contribution in [2.24, 2.45) is 0 Å². The van der Waals surface area contributed by atoms with Gasteiger partial charge in [-0.2, -0.15) is 4.67 Å². The quantitative estimate of drug-likeness (QED) is 0.115. The summed E-state index contributed by atoms with van der Waals surface area (Å²) in [4.78, 5) is 20.0. The molecule has 0 aliphatic rings. The summed E-state index contributed by atoms with van der Waals surface area (Å²) in [5, 5.41) is 13.8. The van der Waals surface area contributed by atoms with Crippen LogP contribution in [0.2, 0.25) is 0 Å². The first kappa shape index (κ1) is 29.1. The van der Waals surface area contributed by atoms with Crippen molar-refractivity contribution in [2.75, 3.05) is 13.7 Å². The van der Waals surface area contributed by atoms with E-state index in [0.29, 0.717) is 19.4 Å². The van der Waals surface area contributed by atoms with Gasteiger partial charge in [-0.05, 0) is 64.1 Å². The molecule has 0 heterocycles. The van der Waals surface area contributed by atoms with E-state index in [-0.39, 0.29) is 17.0 Å². The summed E-state index contributed by atoms with van der Waals surface area (Å²) in [5.41, 5.74) is -0.202. The molecule has 0 saturated heterocycles. The van der Waals surface area contributed by atoms with Crippen LogP contribution in [0, 0.1) is 10.1 Å². The molecule has 0 aliphatic carbocycles.